The molecule has 1 saturated heterocycles. The van der Waals surface area contributed by atoms with Crippen LogP contribution in [0.25, 0.3) is 44.5 Å². The molecule has 0 amide bonds. The van der Waals surface area contributed by atoms with Gasteiger partial charge in [-0.3, -0.25) is 4.39 Å². The van der Waals surface area contributed by atoms with Crippen molar-refractivity contribution in [2.75, 3.05) is 55.5 Å². The number of benzene rings is 2. The number of ether oxygens (including phenoxy) is 2. The van der Waals surface area contributed by atoms with E-state index in [9.17, 15) is 8.94 Å². The number of fused-ring (bicyclic) bond motifs is 2. The topological polar surface area (TPSA) is 111 Å². The molecular weight excluding hydrogens is 550 g/mol. The molecule has 4 heterocycles. The summed E-state index contributed by atoms with van der Waals surface area (Å²) in [6, 6.07) is 12.3. The highest BCUT2D eigenvalue weighted by Gasteiger charge is 2.23. The highest BCUT2D eigenvalue weighted by molar-refractivity contribution is 7.92. The van der Waals surface area contributed by atoms with E-state index in [4.69, 9.17) is 19.4 Å². The molecular formula is C29H28F2N6O3S. The van der Waals surface area contributed by atoms with Gasteiger partial charge in [0.15, 0.2) is 11.6 Å². The number of nitrogens with one attached hydrogen (secondary N) is 2. The zero-order valence-corrected chi connectivity index (χ0v) is 23.1. The molecule has 0 aliphatic carbocycles. The molecule has 0 radical (unpaired) electrons. The number of halogens is 2. The smallest absolute Gasteiger partial charge is 0.163 e. The summed E-state index contributed by atoms with van der Waals surface area (Å²) in [5.74, 6) is 1.15. The molecule has 1 aliphatic rings. The first kappa shape index (κ1) is 27.2. The van der Waals surface area contributed by atoms with Gasteiger partial charge in [0, 0.05) is 53.8 Å². The first-order chi connectivity index (χ1) is 20.1. The average Bonchev–Trinajstić information content (AvgIpc) is 3.48. The Hall–Kier alpha value is -4.00. The first-order valence-electron chi connectivity index (χ1n) is 13.2. The number of aromatic amines is 1. The number of anilines is 2. The summed E-state index contributed by atoms with van der Waals surface area (Å²) in [5.41, 5.74) is 3.02. The molecule has 6 rings (SSSR count). The molecule has 2 aromatic carbocycles. The molecule has 0 bridgehead atoms. The van der Waals surface area contributed by atoms with Crippen LogP contribution in [0.15, 0.2) is 54.9 Å². The van der Waals surface area contributed by atoms with E-state index in [1.54, 1.807) is 31.5 Å². The lowest BCUT2D eigenvalue weighted by molar-refractivity contribution is 0.122. The number of morpholine rings is 1. The number of pyridine rings is 1. The quantitative estimate of drug-likeness (QED) is 0.228. The monoisotopic (exact) mass is 578 g/mol. The van der Waals surface area contributed by atoms with Crippen LogP contribution in [0.5, 0.6) is 5.75 Å². The third-order valence-corrected chi connectivity index (χ3v) is 8.04. The van der Waals surface area contributed by atoms with E-state index in [-0.39, 0.29) is 23.4 Å². The molecule has 12 heteroatoms. The normalized spacial score (nSPS) is 14.5. The summed E-state index contributed by atoms with van der Waals surface area (Å²) in [4.78, 5) is 19.6. The van der Waals surface area contributed by atoms with Crippen molar-refractivity contribution in [1.29, 1.82) is 0 Å². The van der Waals surface area contributed by atoms with Gasteiger partial charge >= 0.3 is 0 Å². The summed E-state index contributed by atoms with van der Waals surface area (Å²) < 4.78 is 54.6. The summed E-state index contributed by atoms with van der Waals surface area (Å²) >= 11 is -1.61. The number of rotatable bonds is 9. The highest BCUT2D eigenvalue weighted by atomic mass is 32.2. The van der Waals surface area contributed by atoms with Crippen LogP contribution in [0.4, 0.5) is 20.3 Å². The maximum atomic E-state index is 15.7. The van der Waals surface area contributed by atoms with Gasteiger partial charge in [-0.15, -0.1) is 0 Å². The molecule has 0 spiro atoms. The predicted octanol–water partition coefficient (Wildman–Crippen LogP) is 5.26. The molecule has 2 N–H and O–H groups in total. The molecule has 1 fully saturated rings. The highest BCUT2D eigenvalue weighted by Crippen LogP contribution is 2.39. The molecule has 1 atom stereocenters. The number of aromatic nitrogens is 4. The van der Waals surface area contributed by atoms with Gasteiger partial charge in [-0.1, -0.05) is 12.1 Å². The zero-order valence-electron chi connectivity index (χ0n) is 22.3. The number of nitrogens with zero attached hydrogens (tertiary/aromatic N) is 4. The number of hydrogen-bond acceptors (Lipinski definition) is 8. The van der Waals surface area contributed by atoms with Gasteiger partial charge in [0.1, 0.15) is 34.2 Å². The maximum Gasteiger partial charge on any atom is 0.163 e. The van der Waals surface area contributed by atoms with Crippen LogP contribution >= 0.6 is 0 Å². The van der Waals surface area contributed by atoms with Crippen molar-refractivity contribution in [1.82, 2.24) is 19.9 Å². The Morgan fingerprint density at radius 3 is 2.80 bits per heavy atom. The lowest BCUT2D eigenvalue weighted by Gasteiger charge is -2.29. The summed E-state index contributed by atoms with van der Waals surface area (Å²) in [6.07, 6.45) is 3.69. The van der Waals surface area contributed by atoms with Gasteiger partial charge in [0.25, 0.3) is 0 Å². The minimum absolute atomic E-state index is 0.0754. The molecule has 9 nitrogen and oxygen atoms in total. The Morgan fingerprint density at radius 1 is 1.15 bits per heavy atom. The van der Waals surface area contributed by atoms with Crippen molar-refractivity contribution in [3.8, 4) is 28.3 Å². The van der Waals surface area contributed by atoms with Crippen LogP contribution in [0.3, 0.4) is 0 Å². The van der Waals surface area contributed by atoms with Gasteiger partial charge < -0.3 is 23.9 Å². The Bertz CT molecular complexity index is 1690. The number of H-pyrrole nitrogens is 1. The second kappa shape index (κ2) is 11.9. The van der Waals surface area contributed by atoms with Crippen molar-refractivity contribution < 1.29 is 22.8 Å². The van der Waals surface area contributed by atoms with E-state index in [0.717, 1.165) is 16.6 Å². The van der Waals surface area contributed by atoms with Crippen LogP contribution in [0, 0.1) is 5.82 Å². The summed E-state index contributed by atoms with van der Waals surface area (Å²) in [5, 5.41) is 1.64. The van der Waals surface area contributed by atoms with Gasteiger partial charge in [0.2, 0.25) is 0 Å². The third kappa shape index (κ3) is 5.50. The molecule has 0 saturated carbocycles. The van der Waals surface area contributed by atoms with E-state index in [1.807, 2.05) is 24.4 Å². The standard InChI is InChI=1S/C29H28F2N6O3S/c1-39-24-16-19(21-4-2-5-23(25(21)31)36-41(38)13-3-7-30)15-22-26(24)34-28(35-29(22)37-9-11-40-12-10-37)20-14-18-6-8-32-27(18)33-17-20/h2,4-6,8,14-17,36H,3,7,9-13H2,1H3,(H,32,33). The summed E-state index contributed by atoms with van der Waals surface area (Å²) in [7, 11) is 1.55. The Balaban J connectivity index is 1.49. The van der Waals surface area contributed by atoms with Gasteiger partial charge in [0.05, 0.1) is 38.4 Å². The fourth-order valence-corrected chi connectivity index (χ4v) is 5.77. The van der Waals surface area contributed by atoms with E-state index in [1.165, 1.54) is 6.07 Å². The molecule has 5 aromatic rings. The zero-order chi connectivity index (χ0) is 28.3. The minimum Gasteiger partial charge on any atom is -0.593 e. The molecule has 41 heavy (non-hydrogen) atoms. The largest absolute Gasteiger partial charge is 0.593 e. The first-order valence-corrected chi connectivity index (χ1v) is 14.5. The van der Waals surface area contributed by atoms with Gasteiger partial charge in [-0.05, 0) is 35.9 Å². The van der Waals surface area contributed by atoms with Crippen LogP contribution in [0.1, 0.15) is 6.42 Å². The lowest BCUT2D eigenvalue weighted by atomic mass is 10.0. The Morgan fingerprint density at radius 2 is 2.00 bits per heavy atom. The predicted molar refractivity (Wildman–Crippen MR) is 157 cm³/mol. The van der Waals surface area contributed by atoms with Crippen molar-refractivity contribution in [3.05, 3.63) is 60.7 Å². The van der Waals surface area contributed by atoms with E-state index in [0.29, 0.717) is 60.2 Å². The fourth-order valence-electron chi connectivity index (χ4n) is 4.90. The van der Waals surface area contributed by atoms with Crippen LogP contribution < -0.4 is 14.4 Å². The third-order valence-electron chi connectivity index (χ3n) is 6.93. The number of hydrogen-bond donors (Lipinski definition) is 2. The SMILES string of the molecule is COc1cc(-c2cccc(N[S+]([O-])CCCF)c2F)cc2c(N3CCOCC3)nc(-c3cnc4[nH]ccc4c3)nc12. The fraction of sp³-hybridized carbons (Fsp3) is 0.276. The molecule has 3 aromatic heterocycles. The second-order valence-electron chi connectivity index (χ2n) is 9.55. The molecule has 1 unspecified atom stereocenters. The maximum absolute atomic E-state index is 15.7. The van der Waals surface area contributed by atoms with Gasteiger partial charge in [-0.25, -0.2) is 24.1 Å². The average molecular weight is 579 g/mol. The Kier molecular flexibility index (Phi) is 7.86. The van der Waals surface area contributed by atoms with E-state index >= 15 is 4.39 Å². The number of alkyl halides is 1. The second-order valence-corrected chi connectivity index (χ2v) is 10.8. The molecule has 212 valence electrons. The van der Waals surface area contributed by atoms with E-state index < -0.39 is 23.9 Å². The van der Waals surface area contributed by atoms with Crippen molar-refractivity contribution in [2.24, 2.45) is 0 Å². The van der Waals surface area contributed by atoms with Crippen molar-refractivity contribution >= 4 is 44.8 Å². The van der Waals surface area contributed by atoms with Gasteiger partial charge in [-0.2, -0.15) is 0 Å². The Labute approximate surface area is 238 Å². The van der Waals surface area contributed by atoms with Crippen molar-refractivity contribution in [3.63, 3.8) is 0 Å². The molecule has 1 aliphatic heterocycles. The lowest BCUT2D eigenvalue weighted by Crippen LogP contribution is -2.37. The summed E-state index contributed by atoms with van der Waals surface area (Å²) in [6.45, 7) is 1.78. The van der Waals surface area contributed by atoms with Crippen molar-refractivity contribution in [2.45, 2.75) is 6.42 Å². The van der Waals surface area contributed by atoms with Crippen LogP contribution in [0.2, 0.25) is 0 Å². The van der Waals surface area contributed by atoms with Crippen LogP contribution in [-0.4, -0.2) is 70.3 Å². The number of methoxy groups -OCH3 is 1. The minimum atomic E-state index is -1.61. The van der Waals surface area contributed by atoms with Crippen LogP contribution in [-0.2, 0) is 16.1 Å². The van der Waals surface area contributed by atoms with E-state index in [2.05, 4.69) is 19.6 Å².